The van der Waals surface area contributed by atoms with Gasteiger partial charge in [-0.3, -0.25) is 4.99 Å². The van der Waals surface area contributed by atoms with Crippen LogP contribution in [0.2, 0.25) is 0 Å². The maximum atomic E-state index is 4.28. The van der Waals surface area contributed by atoms with Gasteiger partial charge in [0.25, 0.3) is 0 Å². The molecular formula is C16H27N. The summed E-state index contributed by atoms with van der Waals surface area (Å²) in [6, 6.07) is 0. The molecule has 0 unspecified atom stereocenters. The number of hydrogen-bond donors (Lipinski definition) is 0. The molecule has 0 aromatic rings. The zero-order valence-corrected chi connectivity index (χ0v) is 11.7. The zero-order chi connectivity index (χ0) is 12.7. The third-order valence-electron chi connectivity index (χ3n) is 3.47. The summed E-state index contributed by atoms with van der Waals surface area (Å²) >= 11 is 0. The molecule has 0 N–H and O–H groups in total. The van der Waals surface area contributed by atoms with Crippen molar-refractivity contribution in [2.75, 3.05) is 6.54 Å². The molecule has 0 aromatic heterocycles. The lowest BCUT2D eigenvalue weighted by Gasteiger charge is -2.12. The highest BCUT2D eigenvalue weighted by Gasteiger charge is 2.36. The van der Waals surface area contributed by atoms with Crippen molar-refractivity contribution in [3.05, 3.63) is 24.3 Å². The zero-order valence-electron chi connectivity index (χ0n) is 11.7. The van der Waals surface area contributed by atoms with Crippen molar-refractivity contribution in [3.63, 3.8) is 0 Å². The van der Waals surface area contributed by atoms with E-state index in [9.17, 15) is 0 Å². The summed E-state index contributed by atoms with van der Waals surface area (Å²) in [4.78, 5) is 4.28. The second-order valence-corrected chi connectivity index (χ2v) is 6.04. The molecule has 0 heterocycles. The fourth-order valence-corrected chi connectivity index (χ4v) is 2.00. The van der Waals surface area contributed by atoms with Crippen LogP contribution in [0.3, 0.4) is 0 Å². The second kappa shape index (κ2) is 6.78. The summed E-state index contributed by atoms with van der Waals surface area (Å²) < 4.78 is 0. The van der Waals surface area contributed by atoms with E-state index in [-0.39, 0.29) is 0 Å². The fourth-order valence-electron chi connectivity index (χ4n) is 2.00. The summed E-state index contributed by atoms with van der Waals surface area (Å²) in [6.07, 6.45) is 12.6. The van der Waals surface area contributed by atoms with Gasteiger partial charge in [-0.05, 0) is 49.5 Å². The first-order chi connectivity index (χ1) is 8.06. The van der Waals surface area contributed by atoms with Crippen LogP contribution in [0.4, 0.5) is 0 Å². The molecule has 96 valence electrons. The molecule has 1 aliphatic rings. The van der Waals surface area contributed by atoms with E-state index in [2.05, 4.69) is 38.4 Å². The monoisotopic (exact) mass is 233 g/mol. The first kappa shape index (κ1) is 14.2. The maximum absolute atomic E-state index is 4.28. The average molecular weight is 233 g/mol. The van der Waals surface area contributed by atoms with Gasteiger partial charge in [-0.2, -0.15) is 0 Å². The first-order valence-corrected chi connectivity index (χ1v) is 6.84. The van der Waals surface area contributed by atoms with E-state index in [4.69, 9.17) is 0 Å². The Morgan fingerprint density at radius 3 is 2.65 bits per heavy atom. The van der Waals surface area contributed by atoms with Crippen molar-refractivity contribution >= 4 is 6.21 Å². The normalized spacial score (nSPS) is 18.9. The Morgan fingerprint density at radius 2 is 2.12 bits per heavy atom. The molecule has 1 fully saturated rings. The highest BCUT2D eigenvalue weighted by atomic mass is 14.7. The molecule has 1 heteroatoms. The molecule has 1 nitrogen and oxygen atoms in total. The van der Waals surface area contributed by atoms with Gasteiger partial charge in [-0.15, -0.1) is 6.58 Å². The maximum Gasteiger partial charge on any atom is 0.0567 e. The van der Waals surface area contributed by atoms with Crippen LogP contribution in [0.5, 0.6) is 0 Å². The van der Waals surface area contributed by atoms with Crippen molar-refractivity contribution in [2.45, 2.75) is 52.9 Å². The van der Waals surface area contributed by atoms with E-state index in [1.54, 1.807) is 5.57 Å². The van der Waals surface area contributed by atoms with Crippen molar-refractivity contribution < 1.29 is 0 Å². The van der Waals surface area contributed by atoms with Crippen molar-refractivity contribution in [1.82, 2.24) is 0 Å². The van der Waals surface area contributed by atoms with Crippen molar-refractivity contribution in [2.24, 2.45) is 16.3 Å². The Balaban J connectivity index is 2.43. The van der Waals surface area contributed by atoms with Gasteiger partial charge in [0.05, 0.1) is 6.54 Å². The van der Waals surface area contributed by atoms with Crippen LogP contribution in [0, 0.1) is 11.3 Å². The van der Waals surface area contributed by atoms with Gasteiger partial charge >= 0.3 is 0 Å². The highest BCUT2D eigenvalue weighted by Crippen LogP contribution is 2.49. The van der Waals surface area contributed by atoms with Gasteiger partial charge in [0.15, 0.2) is 0 Å². The van der Waals surface area contributed by atoms with E-state index in [0.717, 1.165) is 12.5 Å². The summed E-state index contributed by atoms with van der Waals surface area (Å²) in [5, 5.41) is 0. The average Bonchev–Trinajstić information content (AvgIpc) is 2.99. The number of rotatable bonds is 8. The minimum atomic E-state index is 0.661. The predicted molar refractivity (Wildman–Crippen MR) is 77.7 cm³/mol. The second-order valence-electron chi connectivity index (χ2n) is 6.04. The molecule has 17 heavy (non-hydrogen) atoms. The lowest BCUT2D eigenvalue weighted by atomic mass is 9.93. The molecule has 0 bridgehead atoms. The minimum absolute atomic E-state index is 0.661. The van der Waals surface area contributed by atoms with E-state index in [0.29, 0.717) is 5.41 Å². The van der Waals surface area contributed by atoms with E-state index in [1.807, 2.05) is 12.3 Å². The summed E-state index contributed by atoms with van der Waals surface area (Å²) in [6.45, 7) is 11.4. The van der Waals surface area contributed by atoms with Crippen LogP contribution in [0.1, 0.15) is 52.9 Å². The Hall–Kier alpha value is -0.850. The van der Waals surface area contributed by atoms with E-state index < -0.39 is 0 Å². The first-order valence-electron chi connectivity index (χ1n) is 6.84. The number of nitrogens with zero attached hydrogens (tertiary/aromatic N) is 1. The number of hydrogen-bond acceptors (Lipinski definition) is 1. The molecule has 0 amide bonds. The minimum Gasteiger partial charge on any atom is -0.289 e. The molecule has 0 saturated heterocycles. The topological polar surface area (TPSA) is 12.4 Å². The van der Waals surface area contributed by atoms with Crippen LogP contribution < -0.4 is 0 Å². The SMILES string of the molecule is C=CCN=C/C=C(\CCC1(C)CC1)CC(C)C. The number of allylic oxidation sites excluding steroid dienone is 2. The molecule has 0 aliphatic heterocycles. The Morgan fingerprint density at radius 1 is 1.41 bits per heavy atom. The molecule has 1 rings (SSSR count). The summed E-state index contributed by atoms with van der Waals surface area (Å²) in [7, 11) is 0. The Labute approximate surface area is 107 Å². The van der Waals surface area contributed by atoms with Crippen LogP contribution in [-0.2, 0) is 0 Å². The van der Waals surface area contributed by atoms with E-state index in [1.165, 1.54) is 32.1 Å². The number of aliphatic imine (C=N–C) groups is 1. The van der Waals surface area contributed by atoms with Crippen LogP contribution in [0.25, 0.3) is 0 Å². The standard InChI is InChI=1S/C16H27N/c1-5-11-17-12-7-15(13-14(2)3)6-8-16(4)9-10-16/h5,7,12,14H,1,6,8-11,13H2,2-4H3/b15-7+,17-12?. The molecule has 0 radical (unpaired) electrons. The smallest absolute Gasteiger partial charge is 0.0567 e. The van der Waals surface area contributed by atoms with Crippen LogP contribution >= 0.6 is 0 Å². The lowest BCUT2D eigenvalue weighted by Crippen LogP contribution is -1.98. The fraction of sp³-hybridized carbons (Fsp3) is 0.688. The van der Waals surface area contributed by atoms with Gasteiger partial charge in [0.2, 0.25) is 0 Å². The van der Waals surface area contributed by atoms with Crippen LogP contribution in [0.15, 0.2) is 29.3 Å². The van der Waals surface area contributed by atoms with Gasteiger partial charge < -0.3 is 0 Å². The highest BCUT2D eigenvalue weighted by molar-refractivity contribution is 5.72. The van der Waals surface area contributed by atoms with Crippen molar-refractivity contribution in [1.29, 1.82) is 0 Å². The van der Waals surface area contributed by atoms with Gasteiger partial charge in [0.1, 0.15) is 0 Å². The van der Waals surface area contributed by atoms with Crippen molar-refractivity contribution in [3.8, 4) is 0 Å². The Kier molecular flexibility index (Phi) is 5.67. The molecule has 1 aliphatic carbocycles. The quantitative estimate of drug-likeness (QED) is 0.422. The summed E-state index contributed by atoms with van der Waals surface area (Å²) in [5.74, 6) is 0.737. The molecular weight excluding hydrogens is 206 g/mol. The predicted octanol–water partition coefficient (Wildman–Crippen LogP) is 4.80. The van der Waals surface area contributed by atoms with E-state index >= 15 is 0 Å². The molecule has 0 aromatic carbocycles. The van der Waals surface area contributed by atoms with Gasteiger partial charge in [-0.1, -0.05) is 32.4 Å². The van der Waals surface area contributed by atoms with Gasteiger partial charge in [-0.25, -0.2) is 0 Å². The molecule has 0 spiro atoms. The Bertz CT molecular complexity index is 293. The van der Waals surface area contributed by atoms with Gasteiger partial charge in [0, 0.05) is 6.21 Å². The molecule has 1 saturated carbocycles. The third kappa shape index (κ3) is 6.45. The summed E-state index contributed by atoms with van der Waals surface area (Å²) in [5.41, 5.74) is 2.22. The van der Waals surface area contributed by atoms with Crippen LogP contribution in [-0.4, -0.2) is 12.8 Å². The largest absolute Gasteiger partial charge is 0.289 e. The third-order valence-corrected chi connectivity index (χ3v) is 3.47. The lowest BCUT2D eigenvalue weighted by molar-refractivity contribution is 0.502. The molecule has 0 atom stereocenters.